The van der Waals surface area contributed by atoms with Crippen LogP contribution in [0.3, 0.4) is 0 Å². The molecule has 0 aliphatic heterocycles. The number of esters is 2. The van der Waals surface area contributed by atoms with E-state index in [-0.39, 0.29) is 18.6 Å². The maximum atomic E-state index is 14.0. The number of hydrogen-bond donors (Lipinski definition) is 0. The molecule has 4 aliphatic carbocycles. The number of allylic oxidation sites excluding steroid dienone is 2. The maximum absolute atomic E-state index is 14.0. The molecule has 10 nitrogen and oxygen atoms in total. The van der Waals surface area contributed by atoms with E-state index in [1.165, 1.54) is 54.8 Å². The van der Waals surface area contributed by atoms with Crippen LogP contribution in [-0.2, 0) is 47.6 Å². The number of rotatable bonds is 9. The lowest BCUT2D eigenvalue weighted by Gasteiger charge is -2.69. The summed E-state index contributed by atoms with van der Waals surface area (Å²) >= 11 is 0. The van der Waals surface area contributed by atoms with Crippen LogP contribution in [0.15, 0.2) is 24.3 Å². The van der Waals surface area contributed by atoms with Gasteiger partial charge in [0.15, 0.2) is 5.78 Å². The van der Waals surface area contributed by atoms with Gasteiger partial charge in [-0.2, -0.15) is 0 Å². The third-order valence-electron chi connectivity index (χ3n) is 7.97. The first-order valence-electron chi connectivity index (χ1n) is 11.0. The van der Waals surface area contributed by atoms with E-state index in [0.717, 1.165) is 0 Å². The minimum atomic E-state index is -1.84. The molecule has 4 aliphatic rings. The standard InChI is InChI=1S/C24H32O10/c1-29-17(26)9-12-21-11-8-16(25)23(31-3,32-4)20(21)22(14-10-18(27)30-2)13-7-15(21)19(28)24(22,33-5)34-6/h8-9,11-12,15,20H,7,10,13-14H2,1-6H3. The molecule has 0 amide bonds. The van der Waals surface area contributed by atoms with Crippen molar-refractivity contribution in [2.24, 2.45) is 22.7 Å². The Kier molecular flexibility index (Phi) is 7.19. The molecule has 0 aromatic carbocycles. The number of methoxy groups -OCH3 is 6. The van der Waals surface area contributed by atoms with Crippen LogP contribution in [0.4, 0.5) is 0 Å². The van der Waals surface area contributed by atoms with Crippen LogP contribution in [0.2, 0.25) is 0 Å². The first-order valence-corrected chi connectivity index (χ1v) is 11.0. The normalized spacial score (nSPS) is 33.1. The third kappa shape index (κ3) is 3.23. The molecule has 0 radical (unpaired) electrons. The molecule has 2 bridgehead atoms. The van der Waals surface area contributed by atoms with Crippen LogP contribution >= 0.6 is 0 Å². The predicted octanol–water partition coefficient (Wildman–Crippen LogP) is 1.37. The van der Waals surface area contributed by atoms with Gasteiger partial charge in [0.2, 0.25) is 17.4 Å². The summed E-state index contributed by atoms with van der Waals surface area (Å²) in [5.41, 5.74) is -2.44. The summed E-state index contributed by atoms with van der Waals surface area (Å²) in [6.07, 6.45) is 6.52. The Morgan fingerprint density at radius 3 is 2.18 bits per heavy atom. The molecule has 3 fully saturated rings. The van der Waals surface area contributed by atoms with Crippen molar-refractivity contribution in [2.75, 3.05) is 42.7 Å². The summed E-state index contributed by atoms with van der Waals surface area (Å²) in [4.78, 5) is 51.7. The lowest BCUT2D eigenvalue weighted by Crippen LogP contribution is -2.79. The summed E-state index contributed by atoms with van der Waals surface area (Å²) in [6, 6.07) is 0. The van der Waals surface area contributed by atoms with Gasteiger partial charge in [0, 0.05) is 63.6 Å². The maximum Gasteiger partial charge on any atom is 0.330 e. The molecule has 0 saturated heterocycles. The first-order chi connectivity index (χ1) is 16.1. The SMILES string of the molecule is COC(=O)C=CC12C=CC(=O)C(OC)(OC)C1C1(CCC(=O)OC)CCC2C(=O)C1(OC)OC. The molecule has 188 valence electrons. The number of ether oxygens (including phenoxy) is 6. The van der Waals surface area contributed by atoms with Crippen molar-refractivity contribution in [3.05, 3.63) is 24.3 Å². The zero-order valence-corrected chi connectivity index (χ0v) is 20.4. The Balaban J connectivity index is 2.40. The smallest absolute Gasteiger partial charge is 0.330 e. The molecule has 0 heterocycles. The van der Waals surface area contributed by atoms with E-state index >= 15 is 0 Å². The second-order valence-electron chi connectivity index (χ2n) is 8.78. The molecule has 4 atom stereocenters. The Bertz CT molecular complexity index is 913. The van der Waals surface area contributed by atoms with Gasteiger partial charge in [0.25, 0.3) is 0 Å². The van der Waals surface area contributed by atoms with Gasteiger partial charge in [-0.15, -0.1) is 0 Å². The van der Waals surface area contributed by atoms with Gasteiger partial charge in [-0.1, -0.05) is 12.2 Å². The molecule has 3 saturated carbocycles. The van der Waals surface area contributed by atoms with Gasteiger partial charge < -0.3 is 28.4 Å². The zero-order valence-electron chi connectivity index (χ0n) is 20.4. The van der Waals surface area contributed by atoms with Gasteiger partial charge in [0.1, 0.15) is 0 Å². The van der Waals surface area contributed by atoms with Crippen molar-refractivity contribution >= 4 is 23.5 Å². The molecule has 0 aromatic rings. The Hall–Kier alpha value is -2.40. The monoisotopic (exact) mass is 480 g/mol. The Labute approximate surface area is 198 Å². The Morgan fingerprint density at radius 2 is 1.65 bits per heavy atom. The average Bonchev–Trinajstić information content (AvgIpc) is 2.87. The van der Waals surface area contributed by atoms with E-state index in [2.05, 4.69) is 0 Å². The van der Waals surface area contributed by atoms with Gasteiger partial charge in [-0.3, -0.25) is 14.4 Å². The van der Waals surface area contributed by atoms with Crippen LogP contribution < -0.4 is 0 Å². The molecule has 0 aromatic heterocycles. The van der Waals surface area contributed by atoms with Crippen molar-refractivity contribution in [2.45, 2.75) is 37.3 Å². The number of hydrogen-bond acceptors (Lipinski definition) is 10. The summed E-state index contributed by atoms with van der Waals surface area (Å²) < 4.78 is 32.8. The molecular weight excluding hydrogens is 448 g/mol. The van der Waals surface area contributed by atoms with Gasteiger partial charge in [-0.05, 0) is 25.3 Å². The van der Waals surface area contributed by atoms with Gasteiger partial charge in [0.05, 0.1) is 14.2 Å². The van der Waals surface area contributed by atoms with Crippen LogP contribution in [0.1, 0.15) is 25.7 Å². The van der Waals surface area contributed by atoms with Crippen molar-refractivity contribution < 1.29 is 47.6 Å². The van der Waals surface area contributed by atoms with Crippen molar-refractivity contribution in [3.63, 3.8) is 0 Å². The van der Waals surface area contributed by atoms with Crippen LogP contribution in [0.5, 0.6) is 0 Å². The number of Topliss-reactive ketones (excluding diaryl/α,β-unsaturated/α-hetero) is 1. The second kappa shape index (κ2) is 9.33. The number of ketones is 2. The van der Waals surface area contributed by atoms with E-state index in [1.54, 1.807) is 12.2 Å². The molecule has 4 rings (SSSR count). The fourth-order valence-corrected chi connectivity index (χ4v) is 6.67. The van der Waals surface area contributed by atoms with Crippen molar-refractivity contribution in [3.8, 4) is 0 Å². The summed E-state index contributed by atoms with van der Waals surface area (Å²) in [5, 5.41) is 0. The van der Waals surface area contributed by atoms with Crippen molar-refractivity contribution in [1.29, 1.82) is 0 Å². The lowest BCUT2D eigenvalue weighted by atomic mass is 9.37. The second-order valence-corrected chi connectivity index (χ2v) is 8.78. The number of carbonyl (C=O) groups excluding carboxylic acids is 4. The van der Waals surface area contributed by atoms with E-state index in [9.17, 15) is 19.2 Å². The fourth-order valence-electron chi connectivity index (χ4n) is 6.67. The first kappa shape index (κ1) is 26.2. The van der Waals surface area contributed by atoms with Crippen LogP contribution in [0.25, 0.3) is 0 Å². The molecule has 10 heteroatoms. The topological polar surface area (TPSA) is 124 Å². The van der Waals surface area contributed by atoms with E-state index in [4.69, 9.17) is 28.4 Å². The highest BCUT2D eigenvalue weighted by Gasteiger charge is 2.81. The van der Waals surface area contributed by atoms with E-state index < -0.39 is 52.0 Å². The number of fused-ring (bicyclic) bond motifs is 2. The van der Waals surface area contributed by atoms with Gasteiger partial charge in [-0.25, -0.2) is 4.79 Å². The molecule has 4 unspecified atom stereocenters. The molecule has 0 N–H and O–H groups in total. The van der Waals surface area contributed by atoms with Crippen molar-refractivity contribution in [1.82, 2.24) is 0 Å². The highest BCUT2D eigenvalue weighted by molar-refractivity contribution is 6.01. The zero-order chi connectivity index (χ0) is 25.4. The predicted molar refractivity (Wildman–Crippen MR) is 116 cm³/mol. The summed E-state index contributed by atoms with van der Waals surface area (Å²) in [5.74, 6) is -7.19. The van der Waals surface area contributed by atoms with Crippen LogP contribution in [0, 0.1) is 22.7 Å². The van der Waals surface area contributed by atoms with E-state index in [1.807, 2.05) is 0 Å². The van der Waals surface area contributed by atoms with Gasteiger partial charge >= 0.3 is 11.9 Å². The molecule has 0 spiro atoms. The molecule has 34 heavy (non-hydrogen) atoms. The van der Waals surface area contributed by atoms with Crippen LogP contribution in [-0.4, -0.2) is 77.7 Å². The van der Waals surface area contributed by atoms with E-state index in [0.29, 0.717) is 12.8 Å². The summed E-state index contributed by atoms with van der Waals surface area (Å²) in [6.45, 7) is 0. The molecular formula is C24H32O10. The third-order valence-corrected chi connectivity index (χ3v) is 7.97. The fraction of sp³-hybridized carbons (Fsp3) is 0.667. The number of carbonyl (C=O) groups is 4. The summed E-state index contributed by atoms with van der Waals surface area (Å²) in [7, 11) is 7.91. The highest BCUT2D eigenvalue weighted by atomic mass is 16.7. The minimum absolute atomic E-state index is 0.0718. The quantitative estimate of drug-likeness (QED) is 0.271. The minimum Gasteiger partial charge on any atom is -0.469 e. The highest BCUT2D eigenvalue weighted by Crippen LogP contribution is 2.72. The Morgan fingerprint density at radius 1 is 1.00 bits per heavy atom. The lowest BCUT2D eigenvalue weighted by molar-refractivity contribution is -0.360. The average molecular weight is 481 g/mol. The largest absolute Gasteiger partial charge is 0.469 e.